The Balaban J connectivity index is 0.000001000. The maximum absolute atomic E-state index is 12.1. The lowest BCUT2D eigenvalue weighted by atomic mass is 10.3. The SMILES string of the molecule is Br.COc1cc[c]([Mg][F])cc1. The number of hydrogen-bond donors (Lipinski definition) is 0. The van der Waals surface area contributed by atoms with Crippen molar-refractivity contribution >= 4 is 41.6 Å². The van der Waals surface area contributed by atoms with Crippen LogP contribution in [0.5, 0.6) is 5.75 Å². The molecule has 0 atom stereocenters. The van der Waals surface area contributed by atoms with Crippen LogP contribution in [0.25, 0.3) is 0 Å². The lowest BCUT2D eigenvalue weighted by Crippen LogP contribution is -2.07. The van der Waals surface area contributed by atoms with E-state index in [0.29, 0.717) is 0 Å². The van der Waals surface area contributed by atoms with Crippen molar-refractivity contribution in [3.8, 4) is 5.75 Å². The van der Waals surface area contributed by atoms with Crippen LogP contribution in [0, 0.1) is 0 Å². The Morgan fingerprint density at radius 2 is 1.82 bits per heavy atom. The van der Waals surface area contributed by atoms with Gasteiger partial charge >= 0.3 is 20.9 Å². The summed E-state index contributed by atoms with van der Waals surface area (Å²) in [5, 5.41) is 0. The molecule has 0 aliphatic heterocycles. The average Bonchev–Trinajstić information content (AvgIpc) is 2.05. The first-order valence-corrected chi connectivity index (χ1v) is 4.30. The van der Waals surface area contributed by atoms with Gasteiger partial charge in [0.05, 0.1) is 7.11 Å². The first kappa shape index (κ1) is 11.2. The van der Waals surface area contributed by atoms with Crippen molar-refractivity contribution in [3.05, 3.63) is 24.3 Å². The molecule has 1 rings (SSSR count). The predicted octanol–water partition coefficient (Wildman–Crippen LogP) is 1.49. The molecule has 0 spiro atoms. The third-order valence-corrected chi connectivity index (χ3v) is 2.09. The van der Waals surface area contributed by atoms with E-state index in [1.165, 1.54) is 0 Å². The molecule has 0 N–H and O–H groups in total. The summed E-state index contributed by atoms with van der Waals surface area (Å²) in [5.74, 6) is 0.784. The zero-order valence-electron chi connectivity index (χ0n) is 6.21. The Morgan fingerprint density at radius 1 is 1.27 bits per heavy atom. The minimum absolute atomic E-state index is 0. The molecule has 0 amide bonds. The lowest BCUT2D eigenvalue weighted by Gasteiger charge is -1.98. The minimum atomic E-state index is -1.49. The van der Waals surface area contributed by atoms with Gasteiger partial charge in [-0.2, -0.15) is 0 Å². The van der Waals surface area contributed by atoms with Gasteiger partial charge < -0.3 is 7.69 Å². The van der Waals surface area contributed by atoms with Crippen molar-refractivity contribution in [2.24, 2.45) is 0 Å². The maximum Gasteiger partial charge on any atom is 0.652 e. The van der Waals surface area contributed by atoms with E-state index in [4.69, 9.17) is 4.74 Å². The number of ether oxygens (including phenoxy) is 1. The molecule has 0 aromatic heterocycles. The molecule has 1 aromatic carbocycles. The second-order valence-electron chi connectivity index (χ2n) is 1.98. The van der Waals surface area contributed by atoms with E-state index in [2.05, 4.69) is 0 Å². The standard InChI is InChI=1S/C7H7O.BrH.FH.Mg/c1-8-7-5-3-2-4-6-7;;;/h3-6H,1H3;2*1H;/q;;;+1/p-1. The number of methoxy groups -OCH3 is 1. The van der Waals surface area contributed by atoms with E-state index in [-0.39, 0.29) is 17.0 Å². The summed E-state index contributed by atoms with van der Waals surface area (Å²) in [4.78, 5) is 0. The first-order valence-electron chi connectivity index (χ1n) is 3.05. The number of rotatable bonds is 2. The lowest BCUT2D eigenvalue weighted by molar-refractivity contribution is 0.415. The van der Waals surface area contributed by atoms with Gasteiger partial charge in [-0.05, 0) is 12.1 Å². The van der Waals surface area contributed by atoms with Crippen LogP contribution in [0.4, 0.5) is 2.96 Å². The summed E-state index contributed by atoms with van der Waals surface area (Å²) in [6.45, 7) is 0. The van der Waals surface area contributed by atoms with Gasteiger partial charge in [0.15, 0.2) is 0 Å². The van der Waals surface area contributed by atoms with Crippen LogP contribution < -0.4 is 8.43 Å². The molecule has 58 valence electrons. The third-order valence-electron chi connectivity index (χ3n) is 1.31. The van der Waals surface area contributed by atoms with Gasteiger partial charge in [-0.15, -0.1) is 20.7 Å². The Bertz CT molecular complexity index is 179. The summed E-state index contributed by atoms with van der Waals surface area (Å²) in [6, 6.07) is 7.10. The first-order chi connectivity index (χ1) is 4.86. The van der Waals surface area contributed by atoms with Crippen molar-refractivity contribution < 1.29 is 7.69 Å². The normalized spacial score (nSPS) is 7.82. The highest BCUT2D eigenvalue weighted by Gasteiger charge is 1.97. The van der Waals surface area contributed by atoms with Gasteiger partial charge in [-0.3, -0.25) is 0 Å². The van der Waals surface area contributed by atoms with Crippen molar-refractivity contribution in [3.63, 3.8) is 0 Å². The topological polar surface area (TPSA) is 9.23 Å². The summed E-state index contributed by atoms with van der Waals surface area (Å²) < 4.78 is 17.8. The van der Waals surface area contributed by atoms with Gasteiger partial charge in [0, 0.05) is 0 Å². The molecule has 0 unspecified atom stereocenters. The molecule has 1 aromatic rings. The molecular weight excluding hydrogens is 223 g/mol. The third kappa shape index (κ3) is 3.40. The number of hydrogen-bond acceptors (Lipinski definition) is 1. The predicted molar refractivity (Wildman–Crippen MR) is 49.8 cm³/mol. The molecule has 0 bridgehead atoms. The fourth-order valence-electron chi connectivity index (χ4n) is 0.715. The molecule has 0 fully saturated rings. The molecule has 0 heterocycles. The average molecular weight is 231 g/mol. The van der Waals surface area contributed by atoms with E-state index in [1.54, 1.807) is 31.4 Å². The van der Waals surface area contributed by atoms with Crippen molar-refractivity contribution in [2.75, 3.05) is 7.11 Å². The van der Waals surface area contributed by atoms with Gasteiger partial charge in [0.1, 0.15) is 5.75 Å². The maximum atomic E-state index is 12.1. The van der Waals surface area contributed by atoms with Crippen LogP contribution in [0.2, 0.25) is 0 Å². The number of benzene rings is 1. The smallest absolute Gasteiger partial charge is 0.497 e. The number of halogens is 2. The zero-order valence-corrected chi connectivity index (χ0v) is 9.34. The molecule has 11 heavy (non-hydrogen) atoms. The van der Waals surface area contributed by atoms with Crippen LogP contribution in [-0.2, 0) is 0 Å². The van der Waals surface area contributed by atoms with Crippen LogP contribution >= 0.6 is 17.0 Å². The second kappa shape index (κ2) is 5.80. The molecular formula is C7H8BrFMgO. The quantitative estimate of drug-likeness (QED) is 0.701. The Kier molecular flexibility index (Phi) is 5.90. The molecule has 0 aliphatic carbocycles. The molecule has 0 aliphatic rings. The Morgan fingerprint density at radius 3 is 2.18 bits per heavy atom. The minimum Gasteiger partial charge on any atom is -0.497 e. The summed E-state index contributed by atoms with van der Waals surface area (Å²) in [7, 11) is 1.60. The molecule has 4 heteroatoms. The molecule has 0 radical (unpaired) electrons. The van der Waals surface area contributed by atoms with E-state index in [0.717, 1.165) is 9.44 Å². The van der Waals surface area contributed by atoms with Crippen molar-refractivity contribution in [1.29, 1.82) is 0 Å². The van der Waals surface area contributed by atoms with Gasteiger partial charge in [-0.1, -0.05) is 12.1 Å². The van der Waals surface area contributed by atoms with Gasteiger partial charge in [0.25, 0.3) is 0 Å². The molecule has 1 nitrogen and oxygen atoms in total. The largest absolute Gasteiger partial charge is 0.652 e. The van der Waals surface area contributed by atoms with Crippen LogP contribution in [-0.4, -0.2) is 28.0 Å². The fraction of sp³-hybridized carbons (Fsp3) is 0.143. The van der Waals surface area contributed by atoms with Crippen molar-refractivity contribution in [1.82, 2.24) is 0 Å². The fourth-order valence-corrected chi connectivity index (χ4v) is 1.13. The van der Waals surface area contributed by atoms with Gasteiger partial charge in [0.2, 0.25) is 0 Å². The summed E-state index contributed by atoms with van der Waals surface area (Å²) >= 11 is -1.49. The van der Waals surface area contributed by atoms with E-state index in [9.17, 15) is 2.96 Å². The summed E-state index contributed by atoms with van der Waals surface area (Å²) in [5.41, 5.74) is 0. The van der Waals surface area contributed by atoms with Crippen LogP contribution in [0.3, 0.4) is 0 Å². The van der Waals surface area contributed by atoms with Crippen molar-refractivity contribution in [2.45, 2.75) is 0 Å². The van der Waals surface area contributed by atoms with Crippen LogP contribution in [0.1, 0.15) is 0 Å². The monoisotopic (exact) mass is 230 g/mol. The highest BCUT2D eigenvalue weighted by molar-refractivity contribution is 8.93. The van der Waals surface area contributed by atoms with E-state index < -0.39 is 20.9 Å². The zero-order chi connectivity index (χ0) is 7.40. The molecule has 0 saturated carbocycles. The van der Waals surface area contributed by atoms with E-state index >= 15 is 0 Å². The van der Waals surface area contributed by atoms with E-state index in [1.807, 2.05) is 0 Å². The van der Waals surface area contributed by atoms with Gasteiger partial charge in [-0.25, -0.2) is 0 Å². The second-order valence-corrected chi connectivity index (χ2v) is 3.07. The summed E-state index contributed by atoms with van der Waals surface area (Å²) in [6.07, 6.45) is 0. The highest BCUT2D eigenvalue weighted by Crippen LogP contribution is 2.04. The Hall–Kier alpha value is 0.196. The Labute approximate surface area is 86.2 Å². The highest BCUT2D eigenvalue weighted by atomic mass is 79.9. The molecule has 0 saturated heterocycles. The van der Waals surface area contributed by atoms with Crippen LogP contribution in [0.15, 0.2) is 24.3 Å².